The van der Waals surface area contributed by atoms with Gasteiger partial charge in [0.2, 0.25) is 0 Å². The Bertz CT molecular complexity index is 536. The number of thioether (sulfide) groups is 1. The van der Waals surface area contributed by atoms with Crippen LogP contribution in [0.25, 0.3) is 0 Å². The van der Waals surface area contributed by atoms with Crippen LogP contribution >= 0.6 is 11.8 Å². The number of carbonyl (C=O) groups excluding carboxylic acids is 1. The van der Waals surface area contributed by atoms with Crippen LogP contribution in [-0.4, -0.2) is 28.4 Å². The van der Waals surface area contributed by atoms with E-state index in [9.17, 15) is 14.9 Å². The molecule has 0 aromatic heterocycles. The molecule has 2 unspecified atom stereocenters. The summed E-state index contributed by atoms with van der Waals surface area (Å²) in [6.45, 7) is 0. The molecule has 0 heterocycles. The summed E-state index contributed by atoms with van der Waals surface area (Å²) in [7, 11) is 0. The largest absolute Gasteiger partial charge is 0.393 e. The Morgan fingerprint density at radius 3 is 2.85 bits per heavy atom. The van der Waals surface area contributed by atoms with Crippen molar-refractivity contribution in [3.63, 3.8) is 0 Å². The summed E-state index contributed by atoms with van der Waals surface area (Å²) in [4.78, 5) is 22.4. The fourth-order valence-corrected chi connectivity index (χ4v) is 3.26. The summed E-state index contributed by atoms with van der Waals surface area (Å²) >= 11 is 1.80. The maximum atomic E-state index is 12.2. The maximum absolute atomic E-state index is 12.2. The Kier molecular flexibility index (Phi) is 4.49. The molecule has 1 aromatic rings. The first-order valence-electron chi connectivity index (χ1n) is 6.39. The van der Waals surface area contributed by atoms with Crippen LogP contribution in [0.2, 0.25) is 0 Å². The van der Waals surface area contributed by atoms with Crippen molar-refractivity contribution in [2.75, 3.05) is 12.0 Å². The van der Waals surface area contributed by atoms with Gasteiger partial charge in [0.15, 0.2) is 0 Å². The Morgan fingerprint density at radius 1 is 1.50 bits per heavy atom. The molecule has 1 aliphatic carbocycles. The molecule has 20 heavy (non-hydrogen) atoms. The SMILES string of the molecule is CSC1CCC(NC(=O)c2cccc([N+](=O)[O-])c2N)C1. The number of hydrogen-bond acceptors (Lipinski definition) is 5. The van der Waals surface area contributed by atoms with Crippen LogP contribution in [0.5, 0.6) is 0 Å². The lowest BCUT2D eigenvalue weighted by atomic mass is 10.1. The van der Waals surface area contributed by atoms with Crippen molar-refractivity contribution in [1.29, 1.82) is 0 Å². The standard InChI is InChI=1S/C13H17N3O3S/c1-20-9-6-5-8(7-9)15-13(17)10-3-2-4-11(12(10)14)16(18)19/h2-4,8-9H,5-7,14H2,1H3,(H,15,17). The molecule has 1 saturated carbocycles. The number of rotatable bonds is 4. The Hall–Kier alpha value is -1.76. The van der Waals surface area contributed by atoms with Crippen molar-refractivity contribution in [2.24, 2.45) is 0 Å². The minimum Gasteiger partial charge on any atom is -0.393 e. The van der Waals surface area contributed by atoms with E-state index < -0.39 is 4.92 Å². The Morgan fingerprint density at radius 2 is 2.25 bits per heavy atom. The van der Waals surface area contributed by atoms with E-state index in [1.807, 2.05) is 0 Å². The Balaban J connectivity index is 2.10. The van der Waals surface area contributed by atoms with Crippen LogP contribution in [-0.2, 0) is 0 Å². The molecule has 1 fully saturated rings. The first-order valence-corrected chi connectivity index (χ1v) is 7.68. The van der Waals surface area contributed by atoms with Crippen molar-refractivity contribution in [3.8, 4) is 0 Å². The van der Waals surface area contributed by atoms with Gasteiger partial charge in [0.1, 0.15) is 5.69 Å². The van der Waals surface area contributed by atoms with Gasteiger partial charge in [-0.2, -0.15) is 11.8 Å². The molecule has 1 amide bonds. The summed E-state index contributed by atoms with van der Waals surface area (Å²) in [5.74, 6) is -0.335. The van der Waals surface area contributed by atoms with E-state index in [-0.39, 0.29) is 28.9 Å². The molecule has 6 nitrogen and oxygen atoms in total. The van der Waals surface area contributed by atoms with Crippen molar-refractivity contribution >= 4 is 29.0 Å². The van der Waals surface area contributed by atoms with Gasteiger partial charge in [-0.15, -0.1) is 0 Å². The molecule has 108 valence electrons. The molecule has 2 rings (SSSR count). The monoisotopic (exact) mass is 295 g/mol. The third-order valence-corrected chi connectivity index (χ3v) is 4.67. The molecule has 0 bridgehead atoms. The van der Waals surface area contributed by atoms with Crippen LogP contribution in [0.4, 0.5) is 11.4 Å². The summed E-state index contributed by atoms with van der Waals surface area (Å²) in [5, 5.41) is 14.3. The molecule has 0 radical (unpaired) electrons. The summed E-state index contributed by atoms with van der Waals surface area (Å²) in [5.41, 5.74) is 5.57. The lowest BCUT2D eigenvalue weighted by molar-refractivity contribution is -0.383. The summed E-state index contributed by atoms with van der Waals surface area (Å²) in [6, 6.07) is 4.41. The van der Waals surface area contributed by atoms with E-state index in [2.05, 4.69) is 11.6 Å². The third-order valence-electron chi connectivity index (χ3n) is 3.58. The number of nitrogens with one attached hydrogen (secondary N) is 1. The molecule has 1 aromatic carbocycles. The minimum absolute atomic E-state index is 0.0746. The summed E-state index contributed by atoms with van der Waals surface area (Å²) in [6.07, 6.45) is 5.01. The van der Waals surface area contributed by atoms with Gasteiger partial charge in [0.05, 0.1) is 10.5 Å². The van der Waals surface area contributed by atoms with Gasteiger partial charge < -0.3 is 11.1 Å². The zero-order valence-corrected chi connectivity index (χ0v) is 12.0. The normalized spacial score (nSPS) is 21.6. The Labute approximate surface area is 121 Å². The van der Waals surface area contributed by atoms with Gasteiger partial charge in [-0.1, -0.05) is 6.07 Å². The number of nitrogens with two attached hydrogens (primary N) is 1. The second-order valence-corrected chi connectivity index (χ2v) is 5.97. The fourth-order valence-electron chi connectivity index (χ4n) is 2.46. The molecule has 3 N–H and O–H groups in total. The minimum atomic E-state index is -0.578. The van der Waals surface area contributed by atoms with E-state index >= 15 is 0 Å². The van der Waals surface area contributed by atoms with E-state index in [1.54, 1.807) is 11.8 Å². The highest BCUT2D eigenvalue weighted by Gasteiger charge is 2.27. The lowest BCUT2D eigenvalue weighted by Gasteiger charge is -2.13. The molecule has 1 aliphatic rings. The van der Waals surface area contributed by atoms with Crippen molar-refractivity contribution in [3.05, 3.63) is 33.9 Å². The van der Waals surface area contributed by atoms with Crippen molar-refractivity contribution in [2.45, 2.75) is 30.6 Å². The predicted molar refractivity (Wildman–Crippen MR) is 79.9 cm³/mol. The first kappa shape index (κ1) is 14.6. The highest BCUT2D eigenvalue weighted by Crippen LogP contribution is 2.29. The van der Waals surface area contributed by atoms with Crippen LogP contribution < -0.4 is 11.1 Å². The lowest BCUT2D eigenvalue weighted by Crippen LogP contribution is -2.33. The van der Waals surface area contributed by atoms with Gasteiger partial charge >= 0.3 is 0 Å². The second-order valence-electron chi connectivity index (χ2n) is 4.84. The quantitative estimate of drug-likeness (QED) is 0.504. The van der Waals surface area contributed by atoms with E-state index in [4.69, 9.17) is 5.73 Å². The van der Waals surface area contributed by atoms with Crippen LogP contribution in [0.15, 0.2) is 18.2 Å². The molecule has 2 atom stereocenters. The summed E-state index contributed by atoms with van der Waals surface area (Å²) < 4.78 is 0. The number of benzene rings is 1. The van der Waals surface area contributed by atoms with Crippen molar-refractivity contribution in [1.82, 2.24) is 5.32 Å². The molecule has 0 aliphatic heterocycles. The molecular weight excluding hydrogens is 278 g/mol. The molecule has 0 spiro atoms. The second kappa shape index (κ2) is 6.13. The molecule has 0 saturated heterocycles. The molecular formula is C13H17N3O3S. The van der Waals surface area contributed by atoms with E-state index in [1.165, 1.54) is 18.2 Å². The number of nitrogens with zero attached hydrogens (tertiary/aromatic N) is 1. The zero-order chi connectivity index (χ0) is 14.7. The van der Waals surface area contributed by atoms with E-state index in [0.29, 0.717) is 5.25 Å². The van der Waals surface area contributed by atoms with Gasteiger partial charge in [-0.25, -0.2) is 0 Å². The van der Waals surface area contributed by atoms with Gasteiger partial charge in [0, 0.05) is 17.4 Å². The van der Waals surface area contributed by atoms with Crippen LogP contribution in [0, 0.1) is 10.1 Å². The van der Waals surface area contributed by atoms with Gasteiger partial charge in [0.25, 0.3) is 11.6 Å². The fraction of sp³-hybridized carbons (Fsp3) is 0.462. The average Bonchev–Trinajstić information content (AvgIpc) is 2.86. The number of nitro benzene ring substituents is 1. The number of amides is 1. The number of nitro groups is 1. The number of nitrogen functional groups attached to an aromatic ring is 1. The first-order chi connectivity index (χ1) is 9.52. The number of hydrogen-bond donors (Lipinski definition) is 2. The van der Waals surface area contributed by atoms with E-state index in [0.717, 1.165) is 19.3 Å². The number of anilines is 1. The van der Waals surface area contributed by atoms with Crippen molar-refractivity contribution < 1.29 is 9.72 Å². The highest BCUT2D eigenvalue weighted by atomic mass is 32.2. The van der Waals surface area contributed by atoms with Crippen LogP contribution in [0.3, 0.4) is 0 Å². The number of para-hydroxylation sites is 1. The van der Waals surface area contributed by atoms with Gasteiger partial charge in [-0.3, -0.25) is 14.9 Å². The van der Waals surface area contributed by atoms with Crippen LogP contribution in [0.1, 0.15) is 29.6 Å². The third kappa shape index (κ3) is 3.04. The maximum Gasteiger partial charge on any atom is 0.292 e. The predicted octanol–water partition coefficient (Wildman–Crippen LogP) is 2.19. The average molecular weight is 295 g/mol. The topological polar surface area (TPSA) is 98.3 Å². The van der Waals surface area contributed by atoms with Gasteiger partial charge in [-0.05, 0) is 31.6 Å². The zero-order valence-electron chi connectivity index (χ0n) is 11.2. The molecule has 7 heteroatoms. The highest BCUT2D eigenvalue weighted by molar-refractivity contribution is 7.99. The number of carbonyl (C=O) groups is 1. The smallest absolute Gasteiger partial charge is 0.292 e.